The number of rotatable bonds is 3. The molecule has 0 atom stereocenters. The van der Waals surface area contributed by atoms with Crippen LogP contribution in [0, 0.1) is 17.4 Å². The van der Waals surface area contributed by atoms with Gasteiger partial charge in [0.15, 0.2) is 0 Å². The molecule has 1 nitrogen and oxygen atoms in total. The first-order valence-electron chi connectivity index (χ1n) is 5.31. The lowest BCUT2D eigenvalue weighted by molar-refractivity contribution is 1.14. The number of hydrogen-bond acceptors (Lipinski definition) is 2. The van der Waals surface area contributed by atoms with Crippen LogP contribution in [-0.2, 0) is 6.54 Å². The predicted octanol–water partition coefficient (Wildman–Crippen LogP) is 5.34. The van der Waals surface area contributed by atoms with Gasteiger partial charge in [-0.05, 0) is 82.2 Å². The fraction of sp³-hybridized carbons (Fsp3) is 0.231. The number of hydrogen-bond donors (Lipinski definition) is 1. The molecule has 2 aromatic rings. The third-order valence-corrected chi connectivity index (χ3v) is 4.88. The summed E-state index contributed by atoms with van der Waals surface area (Å²) in [5.41, 5.74) is 2.53. The van der Waals surface area contributed by atoms with Crippen molar-refractivity contribution in [3.8, 4) is 0 Å². The second-order valence-electron chi connectivity index (χ2n) is 3.92. The molecule has 0 aliphatic carbocycles. The van der Waals surface area contributed by atoms with E-state index in [0.29, 0.717) is 0 Å². The van der Waals surface area contributed by atoms with Gasteiger partial charge in [-0.3, -0.25) is 0 Å². The lowest BCUT2D eigenvalue weighted by Gasteiger charge is -2.08. The number of halogens is 2. The highest BCUT2D eigenvalue weighted by Gasteiger charge is 2.04. The van der Waals surface area contributed by atoms with E-state index in [4.69, 9.17) is 0 Å². The van der Waals surface area contributed by atoms with Crippen molar-refractivity contribution in [2.45, 2.75) is 20.4 Å². The Labute approximate surface area is 128 Å². The molecule has 0 amide bonds. The van der Waals surface area contributed by atoms with Gasteiger partial charge in [0.05, 0.1) is 0 Å². The second kappa shape index (κ2) is 5.71. The van der Waals surface area contributed by atoms with Gasteiger partial charge < -0.3 is 5.32 Å². The molecule has 90 valence electrons. The first-order valence-corrected chi connectivity index (χ1v) is 8.00. The summed E-state index contributed by atoms with van der Waals surface area (Å²) in [6.45, 7) is 5.22. The van der Waals surface area contributed by atoms with Gasteiger partial charge in [0.25, 0.3) is 0 Å². The van der Waals surface area contributed by atoms with Gasteiger partial charge in [-0.1, -0.05) is 0 Å². The van der Waals surface area contributed by atoms with E-state index in [2.05, 4.69) is 82.0 Å². The monoisotopic (exact) mass is 421 g/mol. The molecule has 1 N–H and O–H groups in total. The van der Waals surface area contributed by atoms with Crippen molar-refractivity contribution in [2.24, 2.45) is 0 Å². The molecule has 0 aliphatic rings. The fourth-order valence-corrected chi connectivity index (χ4v) is 4.07. The second-order valence-corrected chi connectivity index (χ2v) is 7.48. The van der Waals surface area contributed by atoms with E-state index >= 15 is 0 Å². The Morgan fingerprint density at radius 1 is 1.29 bits per heavy atom. The maximum Gasteiger partial charge on any atom is 0.0488 e. The number of aryl methyl sites for hydroxylation is 2. The zero-order valence-electron chi connectivity index (χ0n) is 9.68. The number of thiophene rings is 1. The molecule has 0 fully saturated rings. The summed E-state index contributed by atoms with van der Waals surface area (Å²) in [4.78, 5) is 2.78. The van der Waals surface area contributed by atoms with E-state index in [1.165, 1.54) is 18.9 Å². The molecular weight excluding hydrogens is 409 g/mol. The Kier molecular flexibility index (Phi) is 4.49. The van der Waals surface area contributed by atoms with E-state index in [0.717, 1.165) is 16.7 Å². The summed E-state index contributed by atoms with van der Waals surface area (Å²) in [7, 11) is 0. The van der Waals surface area contributed by atoms with E-state index in [9.17, 15) is 0 Å². The SMILES string of the molecule is Cc1cc(CNc2ccc(I)cc2Br)c(C)s1. The van der Waals surface area contributed by atoms with Crippen LogP contribution in [0.4, 0.5) is 5.69 Å². The minimum atomic E-state index is 0.884. The van der Waals surface area contributed by atoms with Crippen LogP contribution >= 0.6 is 49.9 Å². The molecule has 1 aromatic carbocycles. The molecule has 1 heterocycles. The Balaban J connectivity index is 2.10. The minimum absolute atomic E-state index is 0.884. The molecule has 1 aromatic heterocycles. The molecule has 0 bridgehead atoms. The van der Waals surface area contributed by atoms with Crippen molar-refractivity contribution in [3.63, 3.8) is 0 Å². The zero-order valence-corrected chi connectivity index (χ0v) is 14.2. The van der Waals surface area contributed by atoms with Gasteiger partial charge in [-0.15, -0.1) is 11.3 Å². The van der Waals surface area contributed by atoms with Gasteiger partial charge in [0.2, 0.25) is 0 Å². The van der Waals surface area contributed by atoms with Crippen LogP contribution in [0.25, 0.3) is 0 Å². The topological polar surface area (TPSA) is 12.0 Å². The lowest BCUT2D eigenvalue weighted by atomic mass is 10.2. The highest BCUT2D eigenvalue weighted by atomic mass is 127. The molecule has 0 aliphatic heterocycles. The summed E-state index contributed by atoms with van der Waals surface area (Å²) in [6.07, 6.45) is 0. The Hall–Kier alpha value is -0.0700. The Morgan fingerprint density at radius 2 is 2.06 bits per heavy atom. The van der Waals surface area contributed by atoms with Crippen molar-refractivity contribution in [1.29, 1.82) is 0 Å². The summed E-state index contributed by atoms with van der Waals surface area (Å²) in [5, 5.41) is 3.47. The lowest BCUT2D eigenvalue weighted by Crippen LogP contribution is -2.00. The van der Waals surface area contributed by atoms with Crippen LogP contribution in [0.2, 0.25) is 0 Å². The van der Waals surface area contributed by atoms with Crippen LogP contribution < -0.4 is 5.32 Å². The van der Waals surface area contributed by atoms with Gasteiger partial charge in [-0.25, -0.2) is 0 Å². The summed E-state index contributed by atoms with van der Waals surface area (Å²) >= 11 is 7.75. The molecule has 0 unspecified atom stereocenters. The maximum atomic E-state index is 3.58. The molecule has 0 saturated carbocycles. The van der Waals surface area contributed by atoms with Crippen LogP contribution in [0.1, 0.15) is 15.3 Å². The van der Waals surface area contributed by atoms with Crippen LogP contribution in [0.3, 0.4) is 0 Å². The molecule has 2 rings (SSSR count). The highest BCUT2D eigenvalue weighted by molar-refractivity contribution is 14.1. The van der Waals surface area contributed by atoms with Crippen LogP contribution in [0.15, 0.2) is 28.7 Å². The van der Waals surface area contributed by atoms with E-state index in [1.807, 2.05) is 11.3 Å². The smallest absolute Gasteiger partial charge is 0.0488 e. The third kappa shape index (κ3) is 3.45. The largest absolute Gasteiger partial charge is 0.380 e. The summed E-state index contributed by atoms with van der Waals surface area (Å²) < 4.78 is 2.36. The van der Waals surface area contributed by atoms with Gasteiger partial charge in [0, 0.05) is 30.0 Å². The van der Waals surface area contributed by atoms with Crippen molar-refractivity contribution >= 4 is 55.5 Å². The predicted molar refractivity (Wildman–Crippen MR) is 88.0 cm³/mol. The van der Waals surface area contributed by atoms with Crippen molar-refractivity contribution in [3.05, 3.63) is 47.6 Å². The fourth-order valence-electron chi connectivity index (χ4n) is 1.68. The average molecular weight is 422 g/mol. The highest BCUT2D eigenvalue weighted by Crippen LogP contribution is 2.26. The molecular formula is C13H13BrINS. The quantitative estimate of drug-likeness (QED) is 0.659. The standard InChI is InChI=1S/C13H13BrINS/c1-8-5-10(9(2)17-8)7-16-13-4-3-11(15)6-12(13)14/h3-6,16H,7H2,1-2H3. The normalized spacial score (nSPS) is 10.6. The van der Waals surface area contributed by atoms with Crippen molar-refractivity contribution in [1.82, 2.24) is 0 Å². The van der Waals surface area contributed by atoms with Crippen LogP contribution in [-0.4, -0.2) is 0 Å². The number of nitrogens with one attached hydrogen (secondary N) is 1. The number of benzene rings is 1. The van der Waals surface area contributed by atoms with Gasteiger partial charge >= 0.3 is 0 Å². The molecule has 0 saturated heterocycles. The first kappa shape index (κ1) is 13.4. The van der Waals surface area contributed by atoms with Gasteiger partial charge in [0.1, 0.15) is 0 Å². The Bertz CT molecular complexity index is 536. The minimum Gasteiger partial charge on any atom is -0.380 e. The van der Waals surface area contributed by atoms with Crippen LogP contribution in [0.5, 0.6) is 0 Å². The number of anilines is 1. The summed E-state index contributed by atoms with van der Waals surface area (Å²) in [6, 6.07) is 8.60. The van der Waals surface area contributed by atoms with E-state index < -0.39 is 0 Å². The molecule has 0 spiro atoms. The van der Waals surface area contributed by atoms with Crippen molar-refractivity contribution in [2.75, 3.05) is 5.32 Å². The maximum absolute atomic E-state index is 3.58. The average Bonchev–Trinajstić information content (AvgIpc) is 2.56. The zero-order chi connectivity index (χ0) is 12.4. The van der Waals surface area contributed by atoms with Gasteiger partial charge in [-0.2, -0.15) is 0 Å². The van der Waals surface area contributed by atoms with E-state index in [-0.39, 0.29) is 0 Å². The molecule has 17 heavy (non-hydrogen) atoms. The molecule has 4 heteroatoms. The van der Waals surface area contributed by atoms with E-state index in [1.54, 1.807) is 0 Å². The third-order valence-electron chi connectivity index (χ3n) is 2.54. The van der Waals surface area contributed by atoms with Crippen molar-refractivity contribution < 1.29 is 0 Å². The molecule has 0 radical (unpaired) electrons. The Morgan fingerprint density at radius 3 is 2.65 bits per heavy atom. The summed E-state index contributed by atoms with van der Waals surface area (Å²) in [5.74, 6) is 0. The first-order chi connectivity index (χ1) is 8.06.